The van der Waals surface area contributed by atoms with Crippen molar-refractivity contribution in [1.82, 2.24) is 9.80 Å². The molecule has 64 heavy (non-hydrogen) atoms. The highest BCUT2D eigenvalue weighted by atomic mass is 19.4. The lowest BCUT2D eigenvalue weighted by molar-refractivity contribution is -0.396. The van der Waals surface area contributed by atoms with Gasteiger partial charge in [-0.3, -0.25) is 29.0 Å². The maximum Gasteiger partial charge on any atom is 0.460 e. The summed E-state index contributed by atoms with van der Waals surface area (Å²) < 4.78 is 359. The summed E-state index contributed by atoms with van der Waals surface area (Å²) >= 11 is 0. The van der Waals surface area contributed by atoms with E-state index in [1.165, 1.54) is 0 Å². The van der Waals surface area contributed by atoms with Crippen LogP contribution >= 0.6 is 0 Å². The third kappa shape index (κ3) is 7.13. The van der Waals surface area contributed by atoms with Crippen LogP contribution in [-0.2, 0) is 11.8 Å². The molecular weight excluding hydrogens is 970 g/mol. The Morgan fingerprint density at radius 1 is 0.328 bits per heavy atom. The molecule has 358 valence electrons. The van der Waals surface area contributed by atoms with E-state index in [9.17, 15) is 98.2 Å². The second-order valence-electron chi connectivity index (χ2n) is 13.5. The van der Waals surface area contributed by atoms with Gasteiger partial charge < -0.3 is 0 Å². The van der Waals surface area contributed by atoms with Crippen molar-refractivity contribution in [2.24, 2.45) is 0 Å². The standard InChI is InChI=1S/C32H14F26N2O4/c33-21(34,25(41,42)29(49,50)31(53,54)55)5-7-59-17(61)13-3-1-11(9-15(13)19(59)63)23(37,38)27(45,46)28(47,48)24(39,40)12-2-4-14-16(10-12)20(64)60(18(14)62)8-6-22(35,36)26(43,44)30(51,52)32(56,57)58/h1-4,9-10H,5-8H2. The third-order valence-corrected chi connectivity index (χ3v) is 9.57. The van der Waals surface area contributed by atoms with Gasteiger partial charge in [0.05, 0.1) is 22.3 Å². The summed E-state index contributed by atoms with van der Waals surface area (Å²) in [6.45, 7) is -4.49. The van der Waals surface area contributed by atoms with Crippen molar-refractivity contribution >= 4 is 23.6 Å². The van der Waals surface area contributed by atoms with Crippen LogP contribution in [0.2, 0.25) is 0 Å². The molecule has 2 aromatic rings. The topological polar surface area (TPSA) is 74.8 Å². The summed E-state index contributed by atoms with van der Waals surface area (Å²) in [5.41, 5.74) is -11.3. The zero-order valence-corrected chi connectivity index (χ0v) is 29.6. The first-order chi connectivity index (χ1) is 28.3. The number of rotatable bonds is 15. The zero-order chi connectivity index (χ0) is 50.0. The Kier molecular flexibility index (Phi) is 11.8. The quantitative estimate of drug-likeness (QED) is 0.132. The first-order valence-corrected chi connectivity index (χ1v) is 16.2. The van der Waals surface area contributed by atoms with E-state index in [1.807, 2.05) is 0 Å². The first-order valence-electron chi connectivity index (χ1n) is 16.2. The molecule has 2 aliphatic heterocycles. The zero-order valence-electron chi connectivity index (χ0n) is 29.6. The minimum absolute atomic E-state index is 0.163. The molecule has 0 fully saturated rings. The third-order valence-electron chi connectivity index (χ3n) is 9.57. The lowest BCUT2D eigenvalue weighted by Crippen LogP contribution is -2.61. The summed E-state index contributed by atoms with van der Waals surface area (Å²) in [5, 5.41) is 0. The van der Waals surface area contributed by atoms with Crippen molar-refractivity contribution in [3.63, 3.8) is 0 Å². The SMILES string of the molecule is O=C1c2ccc(C(F)(F)C(F)(F)C(F)(F)C(F)(F)c3ccc4c(c3)C(=O)N(CCC(F)(F)C(F)(F)C(F)(F)C(F)(F)F)C4=O)cc2C(=O)N1CCC(F)(F)C(F)(F)C(F)(F)C(F)(F)F. The van der Waals surface area contributed by atoms with Crippen molar-refractivity contribution in [3.8, 4) is 0 Å². The van der Waals surface area contributed by atoms with Gasteiger partial charge in [-0.2, -0.15) is 114 Å². The Labute approximate surface area is 334 Å². The summed E-state index contributed by atoms with van der Waals surface area (Å²) in [4.78, 5) is 48.8. The fourth-order valence-corrected chi connectivity index (χ4v) is 5.77. The van der Waals surface area contributed by atoms with Crippen LogP contribution < -0.4 is 0 Å². The van der Waals surface area contributed by atoms with Crippen molar-refractivity contribution in [3.05, 3.63) is 69.8 Å². The van der Waals surface area contributed by atoms with Gasteiger partial charge in [-0.15, -0.1) is 0 Å². The molecule has 0 saturated heterocycles. The number of carbonyl (C=O) groups excluding carboxylic acids is 4. The van der Waals surface area contributed by atoms with Crippen LogP contribution in [-0.4, -0.2) is 106 Å². The fourth-order valence-electron chi connectivity index (χ4n) is 5.77. The molecule has 0 unspecified atom stereocenters. The van der Waals surface area contributed by atoms with Gasteiger partial charge in [0, 0.05) is 37.1 Å². The Hall–Kier alpha value is -5.10. The summed E-state index contributed by atoms with van der Waals surface area (Å²) in [6, 6.07) is -2.52. The van der Waals surface area contributed by atoms with E-state index >= 15 is 35.1 Å². The number of amides is 4. The molecular formula is C32H14F26N2O4. The number of carbonyl (C=O) groups is 4. The number of imide groups is 2. The summed E-state index contributed by atoms with van der Waals surface area (Å²) in [6.07, 6.45) is -20.5. The van der Waals surface area contributed by atoms with E-state index in [1.54, 1.807) is 0 Å². The van der Waals surface area contributed by atoms with Crippen LogP contribution in [0.25, 0.3) is 0 Å². The van der Waals surface area contributed by atoms with Crippen molar-refractivity contribution in [2.45, 2.75) is 84.4 Å². The largest absolute Gasteiger partial charge is 0.460 e. The minimum atomic E-state index is -7.46. The van der Waals surface area contributed by atoms with Gasteiger partial charge in [0.15, 0.2) is 0 Å². The molecule has 0 atom stereocenters. The highest BCUT2D eigenvalue weighted by molar-refractivity contribution is 6.22. The molecule has 4 rings (SSSR count). The second kappa shape index (κ2) is 14.7. The maximum absolute atomic E-state index is 15.2. The molecule has 6 nitrogen and oxygen atoms in total. The molecule has 0 aromatic heterocycles. The first kappa shape index (κ1) is 51.5. The molecule has 0 radical (unpaired) electrons. The number of fused-ring (bicyclic) bond motifs is 2. The van der Waals surface area contributed by atoms with E-state index in [4.69, 9.17) is 0 Å². The van der Waals surface area contributed by atoms with Gasteiger partial charge in [-0.25, -0.2) is 0 Å². The Bertz CT molecular complexity index is 2090. The predicted octanol–water partition coefficient (Wildman–Crippen LogP) is 10.7. The average molecular weight is 984 g/mol. The lowest BCUT2D eigenvalue weighted by atomic mass is 9.88. The molecule has 2 aliphatic rings. The number of alkyl halides is 26. The van der Waals surface area contributed by atoms with E-state index in [0.29, 0.717) is 0 Å². The molecule has 32 heteroatoms. The number of nitrogens with zero attached hydrogens (tertiary/aromatic N) is 2. The number of benzene rings is 2. The monoisotopic (exact) mass is 984 g/mol. The highest BCUT2D eigenvalue weighted by Crippen LogP contribution is 2.60. The van der Waals surface area contributed by atoms with Crippen LogP contribution in [0.15, 0.2) is 36.4 Å². The van der Waals surface area contributed by atoms with Crippen molar-refractivity contribution in [1.29, 1.82) is 0 Å². The van der Waals surface area contributed by atoms with Crippen LogP contribution in [0.1, 0.15) is 65.4 Å². The van der Waals surface area contributed by atoms with Gasteiger partial charge in [-0.1, -0.05) is 12.1 Å². The molecule has 0 bridgehead atoms. The van der Waals surface area contributed by atoms with Crippen molar-refractivity contribution < 1.29 is 133 Å². The molecule has 0 spiro atoms. The van der Waals surface area contributed by atoms with Crippen LogP contribution in [0.3, 0.4) is 0 Å². The van der Waals surface area contributed by atoms with Crippen LogP contribution in [0, 0.1) is 0 Å². The van der Waals surface area contributed by atoms with Crippen molar-refractivity contribution in [2.75, 3.05) is 13.1 Å². The minimum Gasteiger partial charge on any atom is -0.274 e. The Balaban J connectivity index is 1.60. The molecule has 0 N–H and O–H groups in total. The van der Waals surface area contributed by atoms with Crippen LogP contribution in [0.4, 0.5) is 114 Å². The van der Waals surface area contributed by atoms with E-state index in [2.05, 4.69) is 0 Å². The average Bonchev–Trinajstić information content (AvgIpc) is 3.53. The van der Waals surface area contributed by atoms with Gasteiger partial charge in [0.25, 0.3) is 23.6 Å². The normalized spacial score (nSPS) is 16.9. The number of hydrogen-bond donors (Lipinski definition) is 0. The molecule has 0 aliphatic carbocycles. The maximum atomic E-state index is 15.2. The van der Waals surface area contributed by atoms with Gasteiger partial charge in [0.1, 0.15) is 0 Å². The Morgan fingerprint density at radius 3 is 0.828 bits per heavy atom. The highest BCUT2D eigenvalue weighted by Gasteiger charge is 2.83. The number of hydrogen-bond acceptors (Lipinski definition) is 4. The van der Waals surface area contributed by atoms with Gasteiger partial charge >= 0.3 is 71.6 Å². The van der Waals surface area contributed by atoms with E-state index < -0.39 is 189 Å². The number of halogens is 26. The van der Waals surface area contributed by atoms with Gasteiger partial charge in [-0.05, 0) is 24.3 Å². The van der Waals surface area contributed by atoms with E-state index in [0.717, 1.165) is 0 Å². The lowest BCUT2D eigenvalue weighted by Gasteiger charge is -2.37. The van der Waals surface area contributed by atoms with E-state index in [-0.39, 0.29) is 12.1 Å². The molecule has 0 saturated carbocycles. The predicted molar refractivity (Wildman–Crippen MR) is 152 cm³/mol. The summed E-state index contributed by atoms with van der Waals surface area (Å²) in [5.74, 6) is -79.3. The Morgan fingerprint density at radius 2 is 0.578 bits per heavy atom. The van der Waals surface area contributed by atoms with Crippen LogP contribution in [0.5, 0.6) is 0 Å². The molecule has 4 amide bonds. The fraction of sp³-hybridized carbons (Fsp3) is 0.500. The second-order valence-corrected chi connectivity index (χ2v) is 13.5. The van der Waals surface area contributed by atoms with Gasteiger partial charge in [0.2, 0.25) is 0 Å². The summed E-state index contributed by atoms with van der Waals surface area (Å²) in [7, 11) is 0. The smallest absolute Gasteiger partial charge is 0.274 e. The molecule has 2 heterocycles. The molecule has 2 aromatic carbocycles.